The van der Waals surface area contributed by atoms with Gasteiger partial charge in [0, 0.05) is 27.4 Å². The highest BCUT2D eigenvalue weighted by atomic mass is 35.5. The van der Waals surface area contributed by atoms with Gasteiger partial charge in [-0.1, -0.05) is 54.1 Å². The number of anilines is 1. The standard InChI is InChI=1S/C23H14ClNO3/c24-15-9-11-16(12-10-15)25-13-14-5-1-4-8-19(14)28-23-20(25)21(26)17-6-2-3-7-18(17)22(23)27/h1-12H,13H2. The molecule has 0 N–H and O–H groups in total. The van der Waals surface area contributed by atoms with E-state index in [0.717, 1.165) is 11.3 Å². The van der Waals surface area contributed by atoms with E-state index in [2.05, 4.69) is 0 Å². The molecule has 5 rings (SSSR count). The molecule has 0 fully saturated rings. The van der Waals surface area contributed by atoms with Crippen LogP contribution in [0.25, 0.3) is 0 Å². The number of hydrogen-bond donors (Lipinski definition) is 0. The second-order valence-corrected chi connectivity index (χ2v) is 7.09. The lowest BCUT2D eigenvalue weighted by molar-refractivity contribution is 0.0936. The number of carbonyl (C=O) groups excluding carboxylic acids is 2. The summed E-state index contributed by atoms with van der Waals surface area (Å²) in [6.07, 6.45) is 0. The lowest BCUT2D eigenvalue weighted by atomic mass is 9.90. The Morgan fingerprint density at radius 3 is 2.18 bits per heavy atom. The maximum atomic E-state index is 13.4. The molecule has 3 aromatic rings. The number of halogens is 1. The predicted octanol–water partition coefficient (Wildman–Crippen LogP) is 5.03. The summed E-state index contributed by atoms with van der Waals surface area (Å²) in [4.78, 5) is 28.4. The van der Waals surface area contributed by atoms with Crippen LogP contribution in [-0.2, 0) is 6.54 Å². The lowest BCUT2D eigenvalue weighted by Crippen LogP contribution is -2.34. The predicted molar refractivity (Wildman–Crippen MR) is 107 cm³/mol. The average molecular weight is 388 g/mol. The Hall–Kier alpha value is -3.37. The number of rotatable bonds is 1. The maximum absolute atomic E-state index is 13.4. The summed E-state index contributed by atoms with van der Waals surface area (Å²) in [5.41, 5.74) is 2.65. The Labute approximate surface area is 166 Å². The number of Topliss-reactive ketones (excluding diaryl/α,β-unsaturated/α-hetero) is 2. The third-order valence-corrected chi connectivity index (χ3v) is 5.23. The Kier molecular flexibility index (Phi) is 3.81. The van der Waals surface area contributed by atoms with Crippen molar-refractivity contribution in [3.8, 4) is 5.75 Å². The Morgan fingerprint density at radius 2 is 1.43 bits per heavy atom. The summed E-state index contributed by atoms with van der Waals surface area (Å²) < 4.78 is 6.02. The van der Waals surface area contributed by atoms with Crippen LogP contribution in [0.5, 0.6) is 5.75 Å². The van der Waals surface area contributed by atoms with E-state index in [1.165, 1.54) is 0 Å². The zero-order chi connectivity index (χ0) is 19.3. The molecule has 1 aliphatic carbocycles. The van der Waals surface area contributed by atoms with Crippen molar-refractivity contribution >= 4 is 28.9 Å². The minimum Gasteiger partial charge on any atom is -0.450 e. The molecule has 0 bridgehead atoms. The Morgan fingerprint density at radius 1 is 0.786 bits per heavy atom. The van der Waals surface area contributed by atoms with Crippen molar-refractivity contribution in [1.82, 2.24) is 0 Å². The van der Waals surface area contributed by atoms with Crippen molar-refractivity contribution in [2.24, 2.45) is 0 Å². The van der Waals surface area contributed by atoms with Gasteiger partial charge in [-0.15, -0.1) is 0 Å². The smallest absolute Gasteiger partial charge is 0.231 e. The molecule has 4 nitrogen and oxygen atoms in total. The van der Waals surface area contributed by atoms with E-state index in [4.69, 9.17) is 16.3 Å². The van der Waals surface area contributed by atoms with Crippen molar-refractivity contribution < 1.29 is 14.3 Å². The fourth-order valence-electron chi connectivity index (χ4n) is 3.61. The highest BCUT2D eigenvalue weighted by Gasteiger charge is 2.39. The number of ether oxygens (including phenoxy) is 1. The molecular weight excluding hydrogens is 374 g/mol. The fraction of sp³-hybridized carbons (Fsp3) is 0.0435. The summed E-state index contributed by atoms with van der Waals surface area (Å²) in [5, 5.41) is 0.598. The molecule has 0 saturated carbocycles. The van der Waals surface area contributed by atoms with Crippen LogP contribution in [0.3, 0.4) is 0 Å². The molecule has 136 valence electrons. The van der Waals surface area contributed by atoms with Crippen molar-refractivity contribution in [1.29, 1.82) is 0 Å². The first-order chi connectivity index (χ1) is 13.6. The molecule has 0 unspecified atom stereocenters. The van der Waals surface area contributed by atoms with Gasteiger partial charge in [0.2, 0.25) is 17.3 Å². The molecule has 3 aromatic carbocycles. The minimum atomic E-state index is -0.291. The van der Waals surface area contributed by atoms with E-state index in [0.29, 0.717) is 28.4 Å². The van der Waals surface area contributed by atoms with Crippen LogP contribution in [-0.4, -0.2) is 11.6 Å². The molecule has 1 aliphatic heterocycles. The SMILES string of the molecule is O=C1C2=C(C(=O)c3ccccc31)N(c1ccc(Cl)cc1)Cc1ccccc1O2. The van der Waals surface area contributed by atoms with Gasteiger partial charge in [-0.25, -0.2) is 0 Å². The first-order valence-corrected chi connectivity index (χ1v) is 9.23. The number of fused-ring (bicyclic) bond motifs is 2. The monoisotopic (exact) mass is 387 g/mol. The zero-order valence-electron chi connectivity index (χ0n) is 14.7. The van der Waals surface area contributed by atoms with Crippen LogP contribution in [0.1, 0.15) is 26.3 Å². The van der Waals surface area contributed by atoms with E-state index in [1.54, 1.807) is 36.4 Å². The Bertz CT molecular complexity index is 1160. The van der Waals surface area contributed by atoms with E-state index >= 15 is 0 Å². The first kappa shape index (κ1) is 16.8. The van der Waals surface area contributed by atoms with Crippen LogP contribution in [0.2, 0.25) is 5.02 Å². The highest BCUT2D eigenvalue weighted by molar-refractivity contribution is 6.30. The average Bonchev–Trinajstić information content (AvgIpc) is 2.90. The topological polar surface area (TPSA) is 46.6 Å². The maximum Gasteiger partial charge on any atom is 0.231 e. The van der Waals surface area contributed by atoms with Crippen LogP contribution in [0.15, 0.2) is 84.3 Å². The van der Waals surface area contributed by atoms with Crippen LogP contribution in [0, 0.1) is 0 Å². The second-order valence-electron chi connectivity index (χ2n) is 6.65. The summed E-state index contributed by atoms with van der Waals surface area (Å²) in [6.45, 7) is 0.401. The number of ketones is 2. The molecular formula is C23H14ClNO3. The molecule has 1 heterocycles. The van der Waals surface area contributed by atoms with Gasteiger partial charge >= 0.3 is 0 Å². The molecule has 0 saturated heterocycles. The molecule has 0 spiro atoms. The molecule has 0 amide bonds. The van der Waals surface area contributed by atoms with E-state index in [-0.39, 0.29) is 23.0 Å². The lowest BCUT2D eigenvalue weighted by Gasteiger charge is -2.28. The summed E-state index contributed by atoms with van der Waals surface area (Å²) in [5.74, 6) is 0.115. The van der Waals surface area contributed by atoms with Gasteiger partial charge in [0.15, 0.2) is 0 Å². The summed E-state index contributed by atoms with van der Waals surface area (Å²) >= 11 is 6.04. The van der Waals surface area contributed by atoms with Crippen molar-refractivity contribution in [2.75, 3.05) is 4.90 Å². The van der Waals surface area contributed by atoms with E-state index in [1.807, 2.05) is 41.3 Å². The van der Waals surface area contributed by atoms with Gasteiger partial charge in [-0.05, 0) is 30.3 Å². The molecule has 5 heteroatoms. The molecule has 0 radical (unpaired) electrons. The fourth-order valence-corrected chi connectivity index (χ4v) is 3.74. The quantitative estimate of drug-likeness (QED) is 0.587. The Balaban J connectivity index is 1.76. The van der Waals surface area contributed by atoms with Gasteiger partial charge in [-0.3, -0.25) is 9.59 Å². The number of allylic oxidation sites excluding steroid dienone is 2. The van der Waals surface area contributed by atoms with Gasteiger partial charge in [-0.2, -0.15) is 0 Å². The first-order valence-electron chi connectivity index (χ1n) is 8.85. The molecule has 0 aromatic heterocycles. The summed E-state index contributed by atoms with van der Waals surface area (Å²) in [6, 6.07) is 21.5. The zero-order valence-corrected chi connectivity index (χ0v) is 15.4. The van der Waals surface area contributed by atoms with E-state index < -0.39 is 0 Å². The minimum absolute atomic E-state index is 0.0589. The van der Waals surface area contributed by atoms with Crippen molar-refractivity contribution in [3.05, 3.63) is 106 Å². The third kappa shape index (κ3) is 2.53. The second kappa shape index (κ2) is 6.36. The summed E-state index contributed by atoms with van der Waals surface area (Å²) in [7, 11) is 0. The number of benzene rings is 3. The normalized spacial score (nSPS) is 15.4. The van der Waals surface area contributed by atoms with Crippen LogP contribution in [0.4, 0.5) is 5.69 Å². The van der Waals surface area contributed by atoms with Crippen molar-refractivity contribution in [3.63, 3.8) is 0 Å². The molecule has 2 aliphatic rings. The van der Waals surface area contributed by atoms with Crippen molar-refractivity contribution in [2.45, 2.75) is 6.54 Å². The number of nitrogens with zero attached hydrogens (tertiary/aromatic N) is 1. The van der Waals surface area contributed by atoms with Gasteiger partial charge in [0.1, 0.15) is 11.4 Å². The third-order valence-electron chi connectivity index (χ3n) is 4.97. The van der Waals surface area contributed by atoms with Gasteiger partial charge in [0.05, 0.1) is 6.54 Å². The van der Waals surface area contributed by atoms with Gasteiger partial charge < -0.3 is 9.64 Å². The highest BCUT2D eigenvalue weighted by Crippen LogP contribution is 2.38. The van der Waals surface area contributed by atoms with Crippen LogP contribution < -0.4 is 9.64 Å². The largest absolute Gasteiger partial charge is 0.450 e. The number of hydrogen-bond acceptors (Lipinski definition) is 4. The van der Waals surface area contributed by atoms with Gasteiger partial charge in [0.25, 0.3) is 0 Å². The molecule has 0 atom stereocenters. The van der Waals surface area contributed by atoms with Crippen LogP contribution >= 0.6 is 11.6 Å². The number of carbonyl (C=O) groups is 2. The van der Waals surface area contributed by atoms with E-state index in [9.17, 15) is 9.59 Å². The molecule has 28 heavy (non-hydrogen) atoms. The number of para-hydroxylation sites is 1.